The predicted octanol–water partition coefficient (Wildman–Crippen LogP) is 2.47. The number of halogens is 1. The van der Waals surface area contributed by atoms with E-state index in [0.29, 0.717) is 11.6 Å². The summed E-state index contributed by atoms with van der Waals surface area (Å²) in [5.41, 5.74) is 2.08. The van der Waals surface area contributed by atoms with E-state index in [1.54, 1.807) is 7.05 Å². The van der Waals surface area contributed by atoms with E-state index in [2.05, 4.69) is 0 Å². The van der Waals surface area contributed by atoms with Gasteiger partial charge < -0.3 is 5.21 Å². The van der Waals surface area contributed by atoms with Crippen molar-refractivity contribution in [3.8, 4) is 0 Å². The van der Waals surface area contributed by atoms with E-state index in [4.69, 9.17) is 16.8 Å². The predicted molar refractivity (Wildman–Crippen MR) is 49.4 cm³/mol. The van der Waals surface area contributed by atoms with Crippen molar-refractivity contribution < 1.29 is 5.21 Å². The molecule has 1 N–H and O–H groups in total. The lowest BCUT2D eigenvalue weighted by Gasteiger charge is -2.11. The maximum Gasteiger partial charge on any atom is 0.0502 e. The van der Waals surface area contributed by atoms with Gasteiger partial charge in [0.15, 0.2) is 0 Å². The van der Waals surface area contributed by atoms with E-state index in [0.717, 1.165) is 16.2 Å². The minimum atomic E-state index is 0.464. The van der Waals surface area contributed by atoms with Crippen molar-refractivity contribution in [2.45, 2.75) is 13.5 Å². The fourth-order valence-corrected chi connectivity index (χ4v) is 1.38. The highest BCUT2D eigenvalue weighted by molar-refractivity contribution is 6.31. The largest absolute Gasteiger partial charge is 0.314 e. The van der Waals surface area contributed by atoms with Gasteiger partial charge in [-0.1, -0.05) is 23.7 Å². The zero-order valence-electron chi connectivity index (χ0n) is 7.21. The average molecular weight is 186 g/mol. The fourth-order valence-electron chi connectivity index (χ4n) is 1.10. The first-order valence-corrected chi connectivity index (χ1v) is 4.13. The molecule has 1 aromatic carbocycles. The molecule has 66 valence electrons. The highest BCUT2D eigenvalue weighted by Gasteiger charge is 2.04. The number of aryl methyl sites for hydroxylation is 1. The van der Waals surface area contributed by atoms with Gasteiger partial charge >= 0.3 is 0 Å². The van der Waals surface area contributed by atoms with Crippen LogP contribution in [0.4, 0.5) is 0 Å². The number of rotatable bonds is 2. The van der Waals surface area contributed by atoms with Gasteiger partial charge in [0.05, 0.1) is 6.54 Å². The van der Waals surface area contributed by atoms with Crippen LogP contribution in [0.15, 0.2) is 18.2 Å². The van der Waals surface area contributed by atoms with Crippen molar-refractivity contribution in [3.05, 3.63) is 34.3 Å². The fraction of sp³-hybridized carbons (Fsp3) is 0.333. The molecule has 1 rings (SSSR count). The molecule has 0 atom stereocenters. The Morgan fingerprint density at radius 2 is 2.17 bits per heavy atom. The smallest absolute Gasteiger partial charge is 0.0502 e. The van der Waals surface area contributed by atoms with Crippen LogP contribution in [0.1, 0.15) is 11.1 Å². The molecule has 12 heavy (non-hydrogen) atoms. The first kappa shape index (κ1) is 9.52. The van der Waals surface area contributed by atoms with Crippen LogP contribution in [0.2, 0.25) is 5.02 Å². The third kappa shape index (κ3) is 2.21. The van der Waals surface area contributed by atoms with Gasteiger partial charge in [-0.05, 0) is 24.1 Å². The Labute approximate surface area is 77.3 Å². The molecular weight excluding hydrogens is 174 g/mol. The highest BCUT2D eigenvalue weighted by Crippen LogP contribution is 2.20. The second kappa shape index (κ2) is 3.90. The van der Waals surface area contributed by atoms with Crippen LogP contribution in [0, 0.1) is 6.92 Å². The monoisotopic (exact) mass is 185 g/mol. The minimum absolute atomic E-state index is 0.464. The zero-order valence-corrected chi connectivity index (χ0v) is 7.97. The third-order valence-corrected chi connectivity index (χ3v) is 2.09. The molecule has 0 radical (unpaired) electrons. The maximum absolute atomic E-state index is 9.03. The molecule has 0 unspecified atom stereocenters. The van der Waals surface area contributed by atoms with Crippen LogP contribution in [0.3, 0.4) is 0 Å². The van der Waals surface area contributed by atoms with Gasteiger partial charge in [0.25, 0.3) is 0 Å². The number of hydrogen-bond donors (Lipinski definition) is 1. The molecule has 1 aromatic rings. The SMILES string of the molecule is Cc1cccc(Cl)c1CN(C)O. The summed E-state index contributed by atoms with van der Waals surface area (Å²) in [6.45, 7) is 2.44. The number of hydroxylamine groups is 2. The number of nitrogens with zero attached hydrogens (tertiary/aromatic N) is 1. The van der Waals surface area contributed by atoms with Gasteiger partial charge in [-0.2, -0.15) is 5.06 Å². The molecule has 0 amide bonds. The van der Waals surface area contributed by atoms with Crippen LogP contribution in [0.25, 0.3) is 0 Å². The Bertz CT molecular complexity index is 253. The van der Waals surface area contributed by atoms with Crippen LogP contribution in [-0.2, 0) is 6.54 Å². The van der Waals surface area contributed by atoms with E-state index in [1.807, 2.05) is 25.1 Å². The van der Waals surface area contributed by atoms with E-state index in [-0.39, 0.29) is 0 Å². The molecule has 0 aliphatic heterocycles. The molecule has 0 fully saturated rings. The van der Waals surface area contributed by atoms with Crippen LogP contribution < -0.4 is 0 Å². The van der Waals surface area contributed by atoms with E-state index in [1.165, 1.54) is 0 Å². The summed E-state index contributed by atoms with van der Waals surface area (Å²) < 4.78 is 0. The summed E-state index contributed by atoms with van der Waals surface area (Å²) in [6.07, 6.45) is 0. The van der Waals surface area contributed by atoms with Crippen LogP contribution in [0.5, 0.6) is 0 Å². The maximum atomic E-state index is 9.03. The molecule has 0 bridgehead atoms. The van der Waals surface area contributed by atoms with Crippen LogP contribution in [-0.4, -0.2) is 17.3 Å². The van der Waals surface area contributed by atoms with Gasteiger partial charge in [-0.25, -0.2) is 0 Å². The van der Waals surface area contributed by atoms with Gasteiger partial charge in [0, 0.05) is 12.1 Å². The van der Waals surface area contributed by atoms with Gasteiger partial charge in [-0.3, -0.25) is 0 Å². The van der Waals surface area contributed by atoms with Crippen molar-refractivity contribution >= 4 is 11.6 Å². The Morgan fingerprint density at radius 3 is 2.67 bits per heavy atom. The lowest BCUT2D eigenvalue weighted by atomic mass is 10.1. The molecular formula is C9H12ClNO. The van der Waals surface area contributed by atoms with E-state index in [9.17, 15) is 0 Å². The van der Waals surface area contributed by atoms with Crippen molar-refractivity contribution in [2.75, 3.05) is 7.05 Å². The van der Waals surface area contributed by atoms with Crippen molar-refractivity contribution in [1.82, 2.24) is 5.06 Å². The lowest BCUT2D eigenvalue weighted by molar-refractivity contribution is -0.0732. The topological polar surface area (TPSA) is 23.5 Å². The summed E-state index contributed by atoms with van der Waals surface area (Å²) in [5.74, 6) is 0. The first-order chi connectivity index (χ1) is 5.61. The molecule has 0 aliphatic carbocycles. The highest BCUT2D eigenvalue weighted by atomic mass is 35.5. The summed E-state index contributed by atoms with van der Waals surface area (Å²) in [4.78, 5) is 0. The van der Waals surface area contributed by atoms with Crippen molar-refractivity contribution in [3.63, 3.8) is 0 Å². The zero-order chi connectivity index (χ0) is 9.14. The average Bonchev–Trinajstić information content (AvgIpc) is 1.97. The molecule has 3 heteroatoms. The van der Waals surface area contributed by atoms with E-state index < -0.39 is 0 Å². The Morgan fingerprint density at radius 1 is 1.50 bits per heavy atom. The number of hydrogen-bond acceptors (Lipinski definition) is 2. The molecule has 0 aliphatic rings. The standard InChI is InChI=1S/C9H12ClNO/c1-7-4-3-5-9(10)8(7)6-11(2)12/h3-5,12H,6H2,1-2H3. The second-order valence-electron chi connectivity index (χ2n) is 2.85. The van der Waals surface area contributed by atoms with Gasteiger partial charge in [0.1, 0.15) is 0 Å². The van der Waals surface area contributed by atoms with Crippen LogP contribution >= 0.6 is 11.6 Å². The normalized spacial score (nSPS) is 10.8. The molecule has 0 saturated carbocycles. The van der Waals surface area contributed by atoms with Gasteiger partial charge in [-0.15, -0.1) is 0 Å². The Balaban J connectivity index is 2.96. The van der Waals surface area contributed by atoms with Gasteiger partial charge in [0.2, 0.25) is 0 Å². The Kier molecular flexibility index (Phi) is 3.09. The summed E-state index contributed by atoms with van der Waals surface area (Å²) in [7, 11) is 1.60. The number of benzene rings is 1. The summed E-state index contributed by atoms with van der Waals surface area (Å²) >= 11 is 5.94. The van der Waals surface area contributed by atoms with Crippen molar-refractivity contribution in [1.29, 1.82) is 0 Å². The molecule has 0 heterocycles. The molecule has 0 aromatic heterocycles. The van der Waals surface area contributed by atoms with E-state index >= 15 is 0 Å². The third-order valence-electron chi connectivity index (χ3n) is 1.74. The lowest BCUT2D eigenvalue weighted by Crippen LogP contribution is -2.12. The second-order valence-corrected chi connectivity index (χ2v) is 3.26. The minimum Gasteiger partial charge on any atom is -0.314 e. The molecule has 2 nitrogen and oxygen atoms in total. The Hall–Kier alpha value is -0.570. The summed E-state index contributed by atoms with van der Waals surface area (Å²) in [6, 6.07) is 5.71. The summed E-state index contributed by atoms with van der Waals surface area (Å²) in [5, 5.41) is 10.9. The quantitative estimate of drug-likeness (QED) is 0.716. The molecule has 0 saturated heterocycles. The van der Waals surface area contributed by atoms with Crippen molar-refractivity contribution in [2.24, 2.45) is 0 Å². The molecule has 0 spiro atoms. The first-order valence-electron chi connectivity index (χ1n) is 3.75.